The summed E-state index contributed by atoms with van der Waals surface area (Å²) < 4.78 is 10.4. The predicted octanol–water partition coefficient (Wildman–Crippen LogP) is -3.91. The molecule has 8 N–H and O–H groups in total. The van der Waals surface area contributed by atoms with Crippen LogP contribution in [0.1, 0.15) is 0 Å². The van der Waals surface area contributed by atoms with Gasteiger partial charge in [0, 0.05) is 13.1 Å². The molecular formula is C9H20N2O6. The van der Waals surface area contributed by atoms with E-state index in [1.807, 2.05) is 0 Å². The molecule has 0 radical (unpaired) electrons. The standard InChI is InChI=1S/C9H20N2O6/c10-1-4(2-11)16-9-8(15)7(14)6(13)5(3-12)17-9/h4-9,12-15H,1-3,10-11H2/t5-,6-,7+,8+,9+/m1/s1. The van der Waals surface area contributed by atoms with E-state index in [0.29, 0.717) is 0 Å². The number of hydrogen-bond donors (Lipinski definition) is 6. The molecule has 0 amide bonds. The lowest BCUT2D eigenvalue weighted by molar-refractivity contribution is -0.309. The third-order valence-corrected chi connectivity index (χ3v) is 2.70. The highest BCUT2D eigenvalue weighted by Crippen LogP contribution is 2.22. The van der Waals surface area contributed by atoms with Crippen molar-refractivity contribution in [2.24, 2.45) is 11.5 Å². The molecule has 1 aliphatic heterocycles. The van der Waals surface area contributed by atoms with E-state index in [9.17, 15) is 15.3 Å². The van der Waals surface area contributed by atoms with E-state index < -0.39 is 43.4 Å². The molecule has 17 heavy (non-hydrogen) atoms. The maximum Gasteiger partial charge on any atom is 0.187 e. The van der Waals surface area contributed by atoms with Crippen LogP contribution in [0.2, 0.25) is 0 Å². The summed E-state index contributed by atoms with van der Waals surface area (Å²) in [6.07, 6.45) is -6.98. The van der Waals surface area contributed by atoms with Gasteiger partial charge in [0.15, 0.2) is 6.29 Å². The van der Waals surface area contributed by atoms with Gasteiger partial charge in [-0.3, -0.25) is 0 Å². The van der Waals surface area contributed by atoms with Gasteiger partial charge in [0.25, 0.3) is 0 Å². The normalized spacial score (nSPS) is 38.6. The van der Waals surface area contributed by atoms with Gasteiger partial charge >= 0.3 is 0 Å². The van der Waals surface area contributed by atoms with Crippen LogP contribution in [-0.4, -0.2) is 76.9 Å². The Labute approximate surface area is 98.7 Å². The number of hydrogen-bond acceptors (Lipinski definition) is 8. The van der Waals surface area contributed by atoms with Gasteiger partial charge in [0.2, 0.25) is 0 Å². The SMILES string of the molecule is NCC(CN)O[C@H]1O[C@H](CO)[C@@H](O)[C@H](O)[C@@H]1O. The second kappa shape index (κ2) is 6.57. The van der Waals surface area contributed by atoms with Crippen LogP contribution in [0, 0.1) is 0 Å². The fourth-order valence-corrected chi connectivity index (χ4v) is 1.58. The number of nitrogens with two attached hydrogens (primary N) is 2. The highest BCUT2D eigenvalue weighted by atomic mass is 16.7. The van der Waals surface area contributed by atoms with Crippen molar-refractivity contribution in [2.75, 3.05) is 19.7 Å². The summed E-state index contributed by atoms with van der Waals surface area (Å²) in [6, 6.07) is 0. The average molecular weight is 252 g/mol. The van der Waals surface area contributed by atoms with E-state index in [1.54, 1.807) is 0 Å². The van der Waals surface area contributed by atoms with Crippen molar-refractivity contribution >= 4 is 0 Å². The van der Waals surface area contributed by atoms with Gasteiger partial charge in [-0.25, -0.2) is 0 Å². The Hall–Kier alpha value is -0.320. The van der Waals surface area contributed by atoms with Crippen molar-refractivity contribution in [3.05, 3.63) is 0 Å². The van der Waals surface area contributed by atoms with Crippen LogP contribution in [0.15, 0.2) is 0 Å². The first-order valence-corrected chi connectivity index (χ1v) is 5.41. The van der Waals surface area contributed by atoms with Gasteiger partial charge in [-0.1, -0.05) is 0 Å². The van der Waals surface area contributed by atoms with Gasteiger partial charge in [0.05, 0.1) is 12.7 Å². The van der Waals surface area contributed by atoms with Crippen LogP contribution in [0.25, 0.3) is 0 Å². The first-order valence-electron chi connectivity index (χ1n) is 5.41. The first-order chi connectivity index (χ1) is 8.04. The summed E-state index contributed by atoms with van der Waals surface area (Å²) in [4.78, 5) is 0. The zero-order valence-electron chi connectivity index (χ0n) is 9.35. The van der Waals surface area contributed by atoms with E-state index in [0.717, 1.165) is 0 Å². The minimum Gasteiger partial charge on any atom is -0.394 e. The molecule has 1 fully saturated rings. The number of rotatable bonds is 5. The summed E-state index contributed by atoms with van der Waals surface area (Å²) in [5.41, 5.74) is 10.7. The Morgan fingerprint density at radius 2 is 1.65 bits per heavy atom. The maximum absolute atomic E-state index is 9.64. The van der Waals surface area contributed by atoms with Gasteiger partial charge in [-0.15, -0.1) is 0 Å². The lowest BCUT2D eigenvalue weighted by Gasteiger charge is -2.40. The molecule has 8 nitrogen and oxygen atoms in total. The topological polar surface area (TPSA) is 151 Å². The van der Waals surface area contributed by atoms with Crippen LogP contribution < -0.4 is 11.5 Å². The molecule has 0 unspecified atom stereocenters. The summed E-state index contributed by atoms with van der Waals surface area (Å²) in [6.45, 7) is -0.238. The van der Waals surface area contributed by atoms with E-state index in [1.165, 1.54) is 0 Å². The summed E-state index contributed by atoms with van der Waals surface area (Å²) in [5.74, 6) is 0. The Kier molecular flexibility index (Phi) is 5.70. The third kappa shape index (κ3) is 3.33. The van der Waals surface area contributed by atoms with Crippen molar-refractivity contribution in [1.82, 2.24) is 0 Å². The summed E-state index contributed by atoms with van der Waals surface area (Å²) in [5, 5.41) is 37.6. The van der Waals surface area contributed by atoms with Crippen molar-refractivity contribution in [2.45, 2.75) is 36.8 Å². The van der Waals surface area contributed by atoms with Crippen molar-refractivity contribution in [3.63, 3.8) is 0 Å². The average Bonchev–Trinajstić information content (AvgIpc) is 2.35. The molecule has 0 aromatic carbocycles. The van der Waals surface area contributed by atoms with Gasteiger partial charge in [-0.2, -0.15) is 0 Å². The molecule has 1 heterocycles. The monoisotopic (exact) mass is 252 g/mol. The predicted molar refractivity (Wildman–Crippen MR) is 56.7 cm³/mol. The number of aliphatic hydroxyl groups is 4. The largest absolute Gasteiger partial charge is 0.394 e. The van der Waals surface area contributed by atoms with Crippen LogP contribution in [0.5, 0.6) is 0 Å². The Morgan fingerprint density at radius 1 is 1.06 bits per heavy atom. The van der Waals surface area contributed by atoms with Crippen LogP contribution in [-0.2, 0) is 9.47 Å². The summed E-state index contributed by atoms with van der Waals surface area (Å²) in [7, 11) is 0. The molecule has 8 heteroatoms. The van der Waals surface area contributed by atoms with E-state index in [2.05, 4.69) is 0 Å². The molecule has 5 atom stereocenters. The van der Waals surface area contributed by atoms with E-state index in [4.69, 9.17) is 26.0 Å². The van der Waals surface area contributed by atoms with Crippen LogP contribution in [0.3, 0.4) is 0 Å². The van der Waals surface area contributed by atoms with E-state index in [-0.39, 0.29) is 13.1 Å². The molecule has 102 valence electrons. The van der Waals surface area contributed by atoms with Crippen LogP contribution in [0.4, 0.5) is 0 Å². The summed E-state index contributed by atoms with van der Waals surface area (Å²) >= 11 is 0. The lowest BCUT2D eigenvalue weighted by Crippen LogP contribution is -2.60. The number of aliphatic hydroxyl groups excluding tert-OH is 4. The van der Waals surface area contributed by atoms with Crippen LogP contribution >= 0.6 is 0 Å². The third-order valence-electron chi connectivity index (χ3n) is 2.70. The molecule has 0 spiro atoms. The first kappa shape index (κ1) is 14.7. The molecule has 0 aliphatic carbocycles. The smallest absolute Gasteiger partial charge is 0.187 e. The quantitative estimate of drug-likeness (QED) is 0.290. The second-order valence-corrected chi connectivity index (χ2v) is 3.93. The number of ether oxygens (including phenoxy) is 2. The molecule has 0 bridgehead atoms. The highest BCUT2D eigenvalue weighted by Gasteiger charge is 2.44. The van der Waals surface area contributed by atoms with E-state index >= 15 is 0 Å². The molecule has 1 aliphatic rings. The molecule has 0 saturated carbocycles. The maximum atomic E-state index is 9.64. The molecule has 0 aromatic heterocycles. The van der Waals surface area contributed by atoms with Crippen molar-refractivity contribution < 1.29 is 29.9 Å². The molecular weight excluding hydrogens is 232 g/mol. The zero-order chi connectivity index (χ0) is 13.0. The second-order valence-electron chi connectivity index (χ2n) is 3.93. The molecule has 0 aromatic rings. The van der Waals surface area contributed by atoms with Gasteiger partial charge in [-0.05, 0) is 0 Å². The Morgan fingerprint density at radius 3 is 2.12 bits per heavy atom. The molecule has 1 saturated heterocycles. The van der Waals surface area contributed by atoms with Gasteiger partial charge in [0.1, 0.15) is 24.4 Å². The minimum atomic E-state index is -1.46. The highest BCUT2D eigenvalue weighted by molar-refractivity contribution is 4.89. The van der Waals surface area contributed by atoms with Gasteiger partial charge < -0.3 is 41.4 Å². The van der Waals surface area contributed by atoms with Crippen molar-refractivity contribution in [3.8, 4) is 0 Å². The zero-order valence-corrected chi connectivity index (χ0v) is 9.35. The Bertz CT molecular complexity index is 224. The fraction of sp³-hybridized carbons (Fsp3) is 1.00. The van der Waals surface area contributed by atoms with Crippen molar-refractivity contribution in [1.29, 1.82) is 0 Å². The Balaban J connectivity index is 2.65. The minimum absolute atomic E-state index is 0.130. The lowest BCUT2D eigenvalue weighted by atomic mass is 9.99. The fourth-order valence-electron chi connectivity index (χ4n) is 1.58. The molecule has 1 rings (SSSR count).